The highest BCUT2D eigenvalue weighted by Gasteiger charge is 2.39. The average Bonchev–Trinajstić information content (AvgIpc) is 2.44. The second-order valence-electron chi connectivity index (χ2n) is 4.46. The summed E-state index contributed by atoms with van der Waals surface area (Å²) in [7, 11) is -2.51. The summed E-state index contributed by atoms with van der Waals surface area (Å²) in [5, 5.41) is 0. The number of rotatable bonds is 13. The van der Waals surface area contributed by atoms with E-state index in [2.05, 4.69) is 0 Å². The molecule has 0 unspecified atom stereocenters. The van der Waals surface area contributed by atoms with Gasteiger partial charge in [0, 0.05) is 31.9 Å². The van der Waals surface area contributed by atoms with E-state index in [1.165, 1.54) is 6.08 Å². The fourth-order valence-corrected chi connectivity index (χ4v) is 4.66. The smallest absolute Gasteiger partial charge is 0.463 e. The van der Waals surface area contributed by atoms with E-state index in [-0.39, 0.29) is 5.97 Å². The number of carbonyl (C=O) groups excluding carboxylic acids is 1. The van der Waals surface area contributed by atoms with Gasteiger partial charge in [-0.05, 0) is 40.5 Å². The first-order chi connectivity index (χ1) is 10.1. The normalized spacial score (nSPS) is 12.0. The highest BCUT2D eigenvalue weighted by molar-refractivity contribution is 6.60. The molecule has 6 heteroatoms. The van der Waals surface area contributed by atoms with Crippen LogP contribution in [0.5, 0.6) is 0 Å². The van der Waals surface area contributed by atoms with Crippen molar-refractivity contribution in [1.29, 1.82) is 0 Å². The fraction of sp³-hybridized carbons (Fsp3) is 0.800. The largest absolute Gasteiger partial charge is 0.500 e. The second kappa shape index (κ2) is 13.0. The van der Waals surface area contributed by atoms with Gasteiger partial charge in [0.1, 0.15) is 0 Å². The van der Waals surface area contributed by atoms with Crippen LogP contribution in [0.2, 0.25) is 6.04 Å². The van der Waals surface area contributed by atoms with Crippen LogP contribution in [0.4, 0.5) is 0 Å². The molecular weight excluding hydrogens is 288 g/mol. The zero-order valence-corrected chi connectivity index (χ0v) is 14.9. The lowest BCUT2D eigenvalue weighted by atomic mass is 10.3. The predicted octanol–water partition coefficient (Wildman–Crippen LogP) is 3.32. The van der Waals surface area contributed by atoms with E-state index >= 15 is 0 Å². The van der Waals surface area contributed by atoms with Gasteiger partial charge >= 0.3 is 14.8 Å². The van der Waals surface area contributed by atoms with Crippen molar-refractivity contribution in [3.63, 3.8) is 0 Å². The van der Waals surface area contributed by atoms with Crippen LogP contribution in [0.15, 0.2) is 12.2 Å². The highest BCUT2D eigenvalue weighted by Crippen LogP contribution is 2.19. The molecule has 0 aliphatic carbocycles. The molecule has 0 aromatic carbocycles. The van der Waals surface area contributed by atoms with Gasteiger partial charge in [0.05, 0.1) is 6.61 Å². The summed E-state index contributed by atoms with van der Waals surface area (Å²) < 4.78 is 22.4. The molecule has 0 radical (unpaired) electrons. The third kappa shape index (κ3) is 9.79. The van der Waals surface area contributed by atoms with Crippen LogP contribution in [-0.2, 0) is 22.8 Å². The Balaban J connectivity index is 3.99. The third-order valence-electron chi connectivity index (χ3n) is 2.77. The Labute approximate surface area is 130 Å². The molecule has 0 spiro atoms. The first-order valence-electron chi connectivity index (χ1n) is 7.85. The predicted molar refractivity (Wildman–Crippen MR) is 85.1 cm³/mol. The van der Waals surface area contributed by atoms with Gasteiger partial charge in [-0.25, -0.2) is 4.79 Å². The van der Waals surface area contributed by atoms with Crippen molar-refractivity contribution in [2.75, 3.05) is 26.4 Å². The van der Waals surface area contributed by atoms with Crippen LogP contribution < -0.4 is 0 Å². The van der Waals surface area contributed by atoms with E-state index < -0.39 is 8.80 Å². The Morgan fingerprint density at radius 3 is 2.00 bits per heavy atom. The Hall–Kier alpha value is -0.693. The molecule has 0 bridgehead atoms. The summed E-state index contributed by atoms with van der Waals surface area (Å²) in [6.07, 6.45) is 5.86. The first kappa shape index (κ1) is 20.3. The van der Waals surface area contributed by atoms with Crippen molar-refractivity contribution in [3.05, 3.63) is 12.2 Å². The summed E-state index contributed by atoms with van der Waals surface area (Å²) in [4.78, 5) is 11.1. The number of unbranched alkanes of at least 4 members (excludes halogenated alkanes) is 2. The van der Waals surface area contributed by atoms with Crippen molar-refractivity contribution in [2.45, 2.75) is 53.0 Å². The number of hydrogen-bond donors (Lipinski definition) is 0. The van der Waals surface area contributed by atoms with Crippen molar-refractivity contribution in [1.82, 2.24) is 0 Å². The molecule has 0 aromatic heterocycles. The summed E-state index contributed by atoms with van der Waals surface area (Å²) in [6.45, 7) is 9.94. The van der Waals surface area contributed by atoms with Crippen molar-refractivity contribution >= 4 is 14.8 Å². The molecule has 5 nitrogen and oxygen atoms in total. The minimum absolute atomic E-state index is 0.279. The lowest BCUT2D eigenvalue weighted by Gasteiger charge is -2.28. The quantitative estimate of drug-likeness (QED) is 0.226. The SMILES string of the molecule is CC=CC(=O)OCCCCC[Si](OCC)(OCC)OCC. The molecule has 0 aromatic rings. The van der Waals surface area contributed by atoms with Gasteiger partial charge in [0.15, 0.2) is 0 Å². The van der Waals surface area contributed by atoms with E-state index in [1.54, 1.807) is 13.0 Å². The van der Waals surface area contributed by atoms with Crippen LogP contribution in [0, 0.1) is 0 Å². The molecule has 0 rings (SSSR count). The molecule has 0 saturated heterocycles. The third-order valence-corrected chi connectivity index (χ3v) is 5.92. The van der Waals surface area contributed by atoms with E-state index in [4.69, 9.17) is 18.0 Å². The Bertz CT molecular complexity index is 277. The topological polar surface area (TPSA) is 54.0 Å². The molecule has 0 aliphatic rings. The van der Waals surface area contributed by atoms with Gasteiger partial charge in [-0.3, -0.25) is 0 Å². The van der Waals surface area contributed by atoms with Crippen LogP contribution in [-0.4, -0.2) is 41.2 Å². The number of allylic oxidation sites excluding steroid dienone is 1. The number of carbonyl (C=O) groups is 1. The number of esters is 1. The number of ether oxygens (including phenoxy) is 1. The molecule has 0 fully saturated rings. The van der Waals surface area contributed by atoms with Crippen LogP contribution in [0.3, 0.4) is 0 Å². The molecule has 0 aliphatic heterocycles. The molecule has 0 atom stereocenters. The fourth-order valence-electron chi connectivity index (χ4n) is 1.98. The van der Waals surface area contributed by atoms with E-state index in [1.807, 2.05) is 20.8 Å². The summed E-state index contributed by atoms with van der Waals surface area (Å²) in [5.74, 6) is -0.279. The minimum atomic E-state index is -2.51. The zero-order chi connectivity index (χ0) is 16.0. The van der Waals surface area contributed by atoms with E-state index in [0.29, 0.717) is 26.4 Å². The van der Waals surface area contributed by atoms with Crippen LogP contribution >= 0.6 is 0 Å². The Morgan fingerprint density at radius 2 is 1.52 bits per heavy atom. The van der Waals surface area contributed by atoms with Gasteiger partial charge in [-0.1, -0.05) is 12.5 Å². The van der Waals surface area contributed by atoms with Crippen LogP contribution in [0.1, 0.15) is 47.0 Å². The molecule has 0 amide bonds. The van der Waals surface area contributed by atoms with Gasteiger partial charge < -0.3 is 18.0 Å². The van der Waals surface area contributed by atoms with Gasteiger partial charge in [-0.2, -0.15) is 0 Å². The van der Waals surface area contributed by atoms with Gasteiger partial charge in [0.25, 0.3) is 0 Å². The molecule has 21 heavy (non-hydrogen) atoms. The molecule has 0 heterocycles. The summed E-state index contributed by atoms with van der Waals surface area (Å²) in [6, 6.07) is 0.811. The maximum Gasteiger partial charge on any atom is 0.500 e. The average molecular weight is 318 g/mol. The van der Waals surface area contributed by atoms with Crippen molar-refractivity contribution in [3.8, 4) is 0 Å². The number of hydrogen-bond acceptors (Lipinski definition) is 5. The second-order valence-corrected chi connectivity index (χ2v) is 7.19. The molecular formula is C15H30O5Si. The summed E-state index contributed by atoms with van der Waals surface area (Å²) >= 11 is 0. The maximum atomic E-state index is 11.1. The van der Waals surface area contributed by atoms with Crippen molar-refractivity contribution < 1.29 is 22.8 Å². The minimum Gasteiger partial charge on any atom is -0.463 e. The highest BCUT2D eigenvalue weighted by atomic mass is 28.4. The van der Waals surface area contributed by atoms with E-state index in [9.17, 15) is 4.79 Å². The molecule has 0 N–H and O–H groups in total. The first-order valence-corrected chi connectivity index (χ1v) is 9.78. The van der Waals surface area contributed by atoms with Gasteiger partial charge in [0.2, 0.25) is 0 Å². The van der Waals surface area contributed by atoms with Gasteiger partial charge in [-0.15, -0.1) is 0 Å². The Kier molecular flexibility index (Phi) is 12.6. The monoisotopic (exact) mass is 318 g/mol. The molecule has 0 saturated carbocycles. The van der Waals surface area contributed by atoms with Crippen LogP contribution in [0.25, 0.3) is 0 Å². The lowest BCUT2D eigenvalue weighted by molar-refractivity contribution is -0.137. The Morgan fingerprint density at radius 1 is 0.952 bits per heavy atom. The van der Waals surface area contributed by atoms with E-state index in [0.717, 1.165) is 25.3 Å². The van der Waals surface area contributed by atoms with Crippen molar-refractivity contribution in [2.24, 2.45) is 0 Å². The lowest BCUT2D eigenvalue weighted by Crippen LogP contribution is -2.45. The maximum absolute atomic E-state index is 11.1. The molecule has 124 valence electrons. The zero-order valence-electron chi connectivity index (χ0n) is 13.9. The summed E-state index contributed by atoms with van der Waals surface area (Å²) in [5.41, 5.74) is 0. The standard InChI is InChI=1S/C15H30O5Si/c1-5-12-15(16)17-13-10-9-11-14-21(18-6-2,19-7-3)20-8-4/h5,12H,6-11,13-14H2,1-4H3.